The van der Waals surface area contributed by atoms with E-state index in [0.717, 1.165) is 51.4 Å². The van der Waals surface area contributed by atoms with E-state index in [2.05, 4.69) is 27.7 Å². The average molecular weight is 242 g/mol. The lowest BCUT2D eigenvalue weighted by Gasteiger charge is -2.35. The molecule has 0 fully saturated rings. The average Bonchev–Trinajstić information content (AvgIpc) is 2.31. The van der Waals surface area contributed by atoms with Crippen LogP contribution in [0, 0.1) is 11.3 Å². The van der Waals surface area contributed by atoms with Gasteiger partial charge in [0.2, 0.25) is 0 Å². The Balaban J connectivity index is 4.80. The molecule has 0 rings (SSSR count). The van der Waals surface area contributed by atoms with Crippen LogP contribution in [-0.2, 0) is 4.79 Å². The molecule has 0 aromatic carbocycles. The quantitative estimate of drug-likeness (QED) is 0.593. The Kier molecular flexibility index (Phi) is 8.28. The molecule has 1 N–H and O–H groups in total. The van der Waals surface area contributed by atoms with E-state index in [9.17, 15) is 9.90 Å². The van der Waals surface area contributed by atoms with E-state index >= 15 is 0 Å². The van der Waals surface area contributed by atoms with Gasteiger partial charge in [-0.05, 0) is 25.2 Å². The first-order valence-electron chi connectivity index (χ1n) is 7.28. The zero-order chi connectivity index (χ0) is 13.3. The molecule has 0 radical (unpaired) electrons. The highest BCUT2D eigenvalue weighted by molar-refractivity contribution is 5.75. The van der Waals surface area contributed by atoms with Crippen LogP contribution in [0.15, 0.2) is 0 Å². The van der Waals surface area contributed by atoms with Gasteiger partial charge in [0.25, 0.3) is 0 Å². The van der Waals surface area contributed by atoms with E-state index in [4.69, 9.17) is 0 Å². The van der Waals surface area contributed by atoms with E-state index in [-0.39, 0.29) is 0 Å². The van der Waals surface area contributed by atoms with Crippen molar-refractivity contribution < 1.29 is 9.90 Å². The molecule has 2 nitrogen and oxygen atoms in total. The third kappa shape index (κ3) is 4.69. The molecule has 2 heteroatoms. The maximum atomic E-state index is 11.7. The van der Waals surface area contributed by atoms with Gasteiger partial charge in [0, 0.05) is 0 Å². The monoisotopic (exact) mass is 242 g/mol. The molecular weight excluding hydrogens is 212 g/mol. The third-order valence-corrected chi connectivity index (χ3v) is 4.03. The van der Waals surface area contributed by atoms with E-state index in [0.29, 0.717) is 5.92 Å². The van der Waals surface area contributed by atoms with Crippen LogP contribution in [0.4, 0.5) is 0 Å². The summed E-state index contributed by atoms with van der Waals surface area (Å²) < 4.78 is 0. The van der Waals surface area contributed by atoms with E-state index < -0.39 is 11.4 Å². The lowest BCUT2D eigenvalue weighted by molar-refractivity contribution is -0.154. The van der Waals surface area contributed by atoms with Crippen molar-refractivity contribution >= 4 is 5.97 Å². The zero-order valence-corrected chi connectivity index (χ0v) is 12.1. The molecule has 0 spiro atoms. The summed E-state index contributed by atoms with van der Waals surface area (Å²) in [5, 5.41) is 9.65. The number of carbonyl (C=O) groups is 1. The molecule has 0 aliphatic carbocycles. The summed E-state index contributed by atoms with van der Waals surface area (Å²) in [6.45, 7) is 8.53. The molecule has 2 unspecified atom stereocenters. The van der Waals surface area contributed by atoms with Crippen molar-refractivity contribution in [3.63, 3.8) is 0 Å². The van der Waals surface area contributed by atoms with E-state index in [1.807, 2.05) is 0 Å². The van der Waals surface area contributed by atoms with Gasteiger partial charge in [0.15, 0.2) is 0 Å². The van der Waals surface area contributed by atoms with Crippen LogP contribution in [0.5, 0.6) is 0 Å². The molecule has 2 atom stereocenters. The zero-order valence-electron chi connectivity index (χ0n) is 12.1. The molecule has 0 bridgehead atoms. The molecule has 102 valence electrons. The summed E-state index contributed by atoms with van der Waals surface area (Å²) in [6, 6.07) is 0. The lowest BCUT2D eigenvalue weighted by Crippen LogP contribution is -2.37. The van der Waals surface area contributed by atoms with Crippen LogP contribution in [0.3, 0.4) is 0 Å². The first kappa shape index (κ1) is 16.5. The molecule has 0 aliphatic rings. The van der Waals surface area contributed by atoms with Crippen LogP contribution in [-0.4, -0.2) is 11.1 Å². The van der Waals surface area contributed by atoms with Gasteiger partial charge in [-0.3, -0.25) is 4.79 Å². The fourth-order valence-corrected chi connectivity index (χ4v) is 2.77. The maximum Gasteiger partial charge on any atom is 0.309 e. The minimum atomic E-state index is -0.573. The normalized spacial score (nSPS) is 16.5. The summed E-state index contributed by atoms with van der Waals surface area (Å²) in [5.74, 6) is -0.275. The molecule has 17 heavy (non-hydrogen) atoms. The first-order valence-corrected chi connectivity index (χ1v) is 7.28. The summed E-state index contributed by atoms with van der Waals surface area (Å²) in [7, 11) is 0. The third-order valence-electron chi connectivity index (χ3n) is 4.03. The van der Waals surface area contributed by atoms with Crippen molar-refractivity contribution in [1.29, 1.82) is 0 Å². The Morgan fingerprint density at radius 3 is 2.06 bits per heavy atom. The molecule has 0 amide bonds. The van der Waals surface area contributed by atoms with Crippen molar-refractivity contribution in [3.05, 3.63) is 0 Å². The lowest BCUT2D eigenvalue weighted by atomic mass is 9.68. The number of carboxylic acid groups (broad SMARTS) is 1. The van der Waals surface area contributed by atoms with Crippen molar-refractivity contribution in [3.8, 4) is 0 Å². The minimum absolute atomic E-state index is 0.298. The standard InChI is InChI=1S/C15H30O2/c1-5-8-10-13(4)15(11-7-3,14(16)17)12-9-6-2/h13H,5-12H2,1-4H3,(H,16,17). The first-order chi connectivity index (χ1) is 8.05. The van der Waals surface area contributed by atoms with Crippen molar-refractivity contribution in [1.82, 2.24) is 0 Å². The predicted molar refractivity (Wildman–Crippen MR) is 73.2 cm³/mol. The number of aliphatic carboxylic acids is 1. The molecule has 0 aromatic heterocycles. The molecule has 0 saturated carbocycles. The van der Waals surface area contributed by atoms with Crippen molar-refractivity contribution in [2.75, 3.05) is 0 Å². The Morgan fingerprint density at radius 2 is 1.65 bits per heavy atom. The van der Waals surface area contributed by atoms with Crippen LogP contribution in [0.2, 0.25) is 0 Å². The van der Waals surface area contributed by atoms with Gasteiger partial charge in [0.05, 0.1) is 5.41 Å². The molecule has 0 heterocycles. The summed E-state index contributed by atoms with van der Waals surface area (Å²) in [5.41, 5.74) is -0.472. The number of rotatable bonds is 10. The fraction of sp³-hybridized carbons (Fsp3) is 0.933. The molecular formula is C15H30O2. The number of hydrogen-bond donors (Lipinski definition) is 1. The number of hydrogen-bond acceptors (Lipinski definition) is 1. The predicted octanol–water partition coefficient (Wildman–Crippen LogP) is 4.87. The highest BCUT2D eigenvalue weighted by atomic mass is 16.4. The molecule has 0 aliphatic heterocycles. The Hall–Kier alpha value is -0.530. The van der Waals surface area contributed by atoms with Gasteiger partial charge in [0.1, 0.15) is 0 Å². The smallest absolute Gasteiger partial charge is 0.309 e. The number of unbranched alkanes of at least 4 members (excludes halogenated alkanes) is 2. The highest BCUT2D eigenvalue weighted by Gasteiger charge is 2.41. The molecule has 0 aromatic rings. The second-order valence-electron chi connectivity index (χ2n) is 5.36. The largest absolute Gasteiger partial charge is 0.481 e. The van der Waals surface area contributed by atoms with Gasteiger partial charge in [-0.1, -0.05) is 59.8 Å². The second kappa shape index (κ2) is 8.54. The molecule has 0 saturated heterocycles. The van der Waals surface area contributed by atoms with Gasteiger partial charge in [-0.25, -0.2) is 0 Å². The van der Waals surface area contributed by atoms with Crippen LogP contribution < -0.4 is 0 Å². The van der Waals surface area contributed by atoms with Crippen molar-refractivity contribution in [2.24, 2.45) is 11.3 Å². The van der Waals surface area contributed by atoms with Crippen LogP contribution in [0.1, 0.15) is 79.1 Å². The maximum absolute atomic E-state index is 11.7. The van der Waals surface area contributed by atoms with E-state index in [1.54, 1.807) is 0 Å². The van der Waals surface area contributed by atoms with E-state index in [1.165, 1.54) is 0 Å². The minimum Gasteiger partial charge on any atom is -0.481 e. The van der Waals surface area contributed by atoms with Gasteiger partial charge in [-0.2, -0.15) is 0 Å². The topological polar surface area (TPSA) is 37.3 Å². The van der Waals surface area contributed by atoms with Gasteiger partial charge < -0.3 is 5.11 Å². The van der Waals surface area contributed by atoms with Gasteiger partial charge in [-0.15, -0.1) is 0 Å². The fourth-order valence-electron chi connectivity index (χ4n) is 2.77. The highest BCUT2D eigenvalue weighted by Crippen LogP contribution is 2.41. The number of carboxylic acids is 1. The Labute approximate surface area is 107 Å². The van der Waals surface area contributed by atoms with Crippen LogP contribution in [0.25, 0.3) is 0 Å². The summed E-state index contributed by atoms with van der Waals surface area (Å²) >= 11 is 0. The van der Waals surface area contributed by atoms with Gasteiger partial charge >= 0.3 is 5.97 Å². The summed E-state index contributed by atoms with van der Waals surface area (Å²) in [6.07, 6.45) is 8.09. The van der Waals surface area contributed by atoms with Crippen LogP contribution >= 0.6 is 0 Å². The van der Waals surface area contributed by atoms with Crippen molar-refractivity contribution in [2.45, 2.75) is 79.1 Å². The second-order valence-corrected chi connectivity index (χ2v) is 5.36. The Bertz CT molecular complexity index is 213. The SMILES string of the molecule is CCCCC(C)C(CCC)(CCCC)C(=O)O. The summed E-state index contributed by atoms with van der Waals surface area (Å²) in [4.78, 5) is 11.7. The Morgan fingerprint density at radius 1 is 1.06 bits per heavy atom.